The number of anilines is 1. The van der Waals surface area contributed by atoms with Crippen LogP contribution < -0.4 is 4.90 Å². The fraction of sp³-hybridized carbons (Fsp3) is 0.462. The number of ether oxygens (including phenoxy) is 1. The van der Waals surface area contributed by atoms with Gasteiger partial charge in [-0.1, -0.05) is 0 Å². The number of aromatic nitrogens is 1. The minimum absolute atomic E-state index is 0.297. The highest BCUT2D eigenvalue weighted by Crippen LogP contribution is 2.25. The van der Waals surface area contributed by atoms with Crippen molar-refractivity contribution in [3.8, 4) is 0 Å². The van der Waals surface area contributed by atoms with Gasteiger partial charge in [0.2, 0.25) is 0 Å². The highest BCUT2D eigenvalue weighted by molar-refractivity contribution is 5.95. The highest BCUT2D eigenvalue weighted by Gasteiger charge is 2.30. The Balaban J connectivity index is 2.21. The summed E-state index contributed by atoms with van der Waals surface area (Å²) in [5.74, 6) is -1.14. The maximum atomic E-state index is 11.8. The van der Waals surface area contributed by atoms with E-state index < -0.39 is 17.9 Å². The van der Waals surface area contributed by atoms with Crippen LogP contribution in [0.3, 0.4) is 0 Å². The minimum Gasteiger partial charge on any atom is -0.481 e. The zero-order chi connectivity index (χ0) is 13.8. The summed E-state index contributed by atoms with van der Waals surface area (Å²) in [6.45, 7) is 2.99. The molecule has 1 aliphatic heterocycles. The lowest BCUT2D eigenvalue weighted by molar-refractivity contribution is -0.140. The van der Waals surface area contributed by atoms with Gasteiger partial charge in [0.1, 0.15) is 11.4 Å². The Hall–Kier alpha value is -2.11. The van der Waals surface area contributed by atoms with Gasteiger partial charge in [-0.15, -0.1) is 0 Å². The number of rotatable bonds is 4. The molecule has 1 fully saturated rings. The van der Waals surface area contributed by atoms with E-state index in [0.29, 0.717) is 37.5 Å². The molecule has 19 heavy (non-hydrogen) atoms. The first-order chi connectivity index (χ1) is 9.13. The van der Waals surface area contributed by atoms with Gasteiger partial charge in [0, 0.05) is 19.3 Å². The van der Waals surface area contributed by atoms with Crippen LogP contribution in [0.1, 0.15) is 23.7 Å². The van der Waals surface area contributed by atoms with Gasteiger partial charge >= 0.3 is 11.9 Å². The number of carbonyl (C=O) groups is 2. The quantitative estimate of drug-likeness (QED) is 0.822. The average Bonchev–Trinajstić information content (AvgIpc) is 2.88. The predicted molar refractivity (Wildman–Crippen MR) is 68.1 cm³/mol. The Bertz CT molecular complexity index is 489. The third-order valence-electron chi connectivity index (χ3n) is 3.12. The first-order valence-electron chi connectivity index (χ1n) is 6.23. The normalized spacial score (nSPS) is 18.4. The summed E-state index contributed by atoms with van der Waals surface area (Å²) in [6, 6.07) is 3.31. The molecule has 1 aliphatic rings. The third kappa shape index (κ3) is 2.83. The smallest absolute Gasteiger partial charge is 0.341 e. The van der Waals surface area contributed by atoms with Gasteiger partial charge in [-0.05, 0) is 25.5 Å². The molecule has 0 saturated carbocycles. The number of nitrogens with zero attached hydrogens (tertiary/aromatic N) is 2. The number of aliphatic carboxylic acids is 1. The Kier molecular flexibility index (Phi) is 3.99. The van der Waals surface area contributed by atoms with E-state index in [1.807, 2.05) is 4.90 Å². The molecule has 1 saturated heterocycles. The van der Waals surface area contributed by atoms with E-state index in [4.69, 9.17) is 9.84 Å². The Morgan fingerprint density at radius 3 is 3.00 bits per heavy atom. The van der Waals surface area contributed by atoms with Gasteiger partial charge in [0.25, 0.3) is 0 Å². The van der Waals surface area contributed by atoms with Crippen molar-refractivity contribution in [1.82, 2.24) is 4.98 Å². The van der Waals surface area contributed by atoms with Crippen molar-refractivity contribution in [2.75, 3.05) is 24.6 Å². The number of pyridine rings is 1. The van der Waals surface area contributed by atoms with Crippen LogP contribution in [0.4, 0.5) is 5.82 Å². The van der Waals surface area contributed by atoms with Crippen LogP contribution in [-0.2, 0) is 9.53 Å². The van der Waals surface area contributed by atoms with E-state index in [1.54, 1.807) is 25.3 Å². The van der Waals surface area contributed by atoms with Crippen molar-refractivity contribution in [1.29, 1.82) is 0 Å². The molecule has 1 unspecified atom stereocenters. The number of carbonyl (C=O) groups excluding carboxylic acids is 1. The molecule has 102 valence electrons. The number of hydrogen-bond acceptors (Lipinski definition) is 5. The fourth-order valence-electron chi connectivity index (χ4n) is 2.17. The molecule has 0 aliphatic carbocycles. The topological polar surface area (TPSA) is 79.7 Å². The van der Waals surface area contributed by atoms with Gasteiger partial charge in [0.05, 0.1) is 12.5 Å². The second-order valence-electron chi connectivity index (χ2n) is 4.36. The van der Waals surface area contributed by atoms with E-state index in [9.17, 15) is 9.59 Å². The van der Waals surface area contributed by atoms with Crippen molar-refractivity contribution in [2.45, 2.75) is 13.3 Å². The Morgan fingerprint density at radius 1 is 1.58 bits per heavy atom. The summed E-state index contributed by atoms with van der Waals surface area (Å²) in [4.78, 5) is 28.8. The van der Waals surface area contributed by atoms with Crippen LogP contribution in [-0.4, -0.2) is 41.7 Å². The molecule has 2 rings (SSSR count). The Morgan fingerprint density at radius 2 is 2.37 bits per heavy atom. The highest BCUT2D eigenvalue weighted by atomic mass is 16.5. The zero-order valence-corrected chi connectivity index (χ0v) is 10.7. The summed E-state index contributed by atoms with van der Waals surface area (Å²) in [6.07, 6.45) is 2.15. The van der Waals surface area contributed by atoms with Crippen molar-refractivity contribution in [3.05, 3.63) is 23.9 Å². The Labute approximate surface area is 111 Å². The van der Waals surface area contributed by atoms with Crippen LogP contribution in [0, 0.1) is 5.92 Å². The molecule has 6 heteroatoms. The molecule has 0 aromatic carbocycles. The molecule has 0 amide bonds. The van der Waals surface area contributed by atoms with Crippen LogP contribution in [0.5, 0.6) is 0 Å². The monoisotopic (exact) mass is 264 g/mol. The van der Waals surface area contributed by atoms with E-state index in [1.165, 1.54) is 0 Å². The largest absolute Gasteiger partial charge is 0.481 e. The van der Waals surface area contributed by atoms with Gasteiger partial charge < -0.3 is 14.7 Å². The van der Waals surface area contributed by atoms with Crippen LogP contribution in [0.2, 0.25) is 0 Å². The van der Waals surface area contributed by atoms with E-state index >= 15 is 0 Å². The van der Waals surface area contributed by atoms with Crippen LogP contribution in [0.25, 0.3) is 0 Å². The second-order valence-corrected chi connectivity index (χ2v) is 4.36. The van der Waals surface area contributed by atoms with Crippen LogP contribution >= 0.6 is 0 Å². The third-order valence-corrected chi connectivity index (χ3v) is 3.12. The van der Waals surface area contributed by atoms with Gasteiger partial charge in [-0.25, -0.2) is 9.78 Å². The first kappa shape index (κ1) is 13.3. The molecule has 0 radical (unpaired) electrons. The van der Waals surface area contributed by atoms with Crippen molar-refractivity contribution in [2.24, 2.45) is 5.92 Å². The van der Waals surface area contributed by atoms with Crippen molar-refractivity contribution in [3.63, 3.8) is 0 Å². The maximum absolute atomic E-state index is 11.8. The average molecular weight is 264 g/mol. The zero-order valence-electron chi connectivity index (χ0n) is 10.7. The molecular weight excluding hydrogens is 248 g/mol. The minimum atomic E-state index is -0.809. The number of esters is 1. The summed E-state index contributed by atoms with van der Waals surface area (Å²) in [5.41, 5.74) is 0.385. The molecule has 1 aromatic rings. The molecule has 1 N–H and O–H groups in total. The van der Waals surface area contributed by atoms with Crippen molar-refractivity contribution >= 4 is 17.8 Å². The van der Waals surface area contributed by atoms with Gasteiger partial charge in [0.15, 0.2) is 0 Å². The molecule has 1 aromatic heterocycles. The standard InChI is InChI=1S/C13H16N2O4/c1-2-19-13(18)10-4-3-6-14-11(10)15-7-5-9(8-15)12(16)17/h3-4,6,9H,2,5,7-8H2,1H3,(H,16,17). The molecule has 1 atom stereocenters. The predicted octanol–water partition coefficient (Wildman–Crippen LogP) is 1.17. The first-order valence-corrected chi connectivity index (χ1v) is 6.23. The summed E-state index contributed by atoms with van der Waals surface area (Å²) < 4.78 is 4.98. The van der Waals surface area contributed by atoms with E-state index in [2.05, 4.69) is 4.98 Å². The summed E-state index contributed by atoms with van der Waals surface area (Å²) >= 11 is 0. The van der Waals surface area contributed by atoms with E-state index in [0.717, 1.165) is 0 Å². The molecule has 6 nitrogen and oxygen atoms in total. The lowest BCUT2D eigenvalue weighted by Crippen LogP contribution is -2.25. The SMILES string of the molecule is CCOC(=O)c1cccnc1N1CCC(C(=O)O)C1. The number of carboxylic acid groups (broad SMARTS) is 1. The van der Waals surface area contributed by atoms with Gasteiger partial charge in [-0.2, -0.15) is 0 Å². The summed E-state index contributed by atoms with van der Waals surface area (Å²) in [5, 5.41) is 9.00. The number of carboxylic acids is 1. The lowest BCUT2D eigenvalue weighted by atomic mass is 10.1. The molecule has 0 spiro atoms. The molecule has 0 bridgehead atoms. The second kappa shape index (κ2) is 5.69. The fourth-order valence-corrected chi connectivity index (χ4v) is 2.17. The lowest BCUT2D eigenvalue weighted by Gasteiger charge is -2.19. The maximum Gasteiger partial charge on any atom is 0.341 e. The van der Waals surface area contributed by atoms with Crippen LogP contribution in [0.15, 0.2) is 18.3 Å². The molecule has 2 heterocycles. The van der Waals surface area contributed by atoms with Crippen molar-refractivity contribution < 1.29 is 19.4 Å². The number of hydrogen-bond donors (Lipinski definition) is 1. The van der Waals surface area contributed by atoms with Gasteiger partial charge in [-0.3, -0.25) is 4.79 Å². The van der Waals surface area contributed by atoms with E-state index in [-0.39, 0.29) is 0 Å². The molecular formula is C13H16N2O4. The summed E-state index contributed by atoms with van der Waals surface area (Å²) in [7, 11) is 0.